The Balaban J connectivity index is 1.54. The van der Waals surface area contributed by atoms with Crippen LogP contribution >= 0.6 is 11.3 Å². The Hall–Kier alpha value is -3.45. The van der Waals surface area contributed by atoms with Gasteiger partial charge in [0, 0.05) is 22.8 Å². The molecule has 1 N–H and O–H groups in total. The molecule has 28 heavy (non-hydrogen) atoms. The average Bonchev–Trinajstić information content (AvgIpc) is 3.08. The second-order valence-corrected chi connectivity index (χ2v) is 7.02. The van der Waals surface area contributed by atoms with E-state index >= 15 is 0 Å². The van der Waals surface area contributed by atoms with Crippen LogP contribution in [0.5, 0.6) is 5.75 Å². The maximum atomic E-state index is 12.6. The van der Waals surface area contributed by atoms with Crippen LogP contribution in [-0.4, -0.2) is 15.3 Å². The van der Waals surface area contributed by atoms with Gasteiger partial charge in [-0.25, -0.2) is 4.98 Å². The summed E-state index contributed by atoms with van der Waals surface area (Å²) in [6.45, 7) is 1.96. The van der Waals surface area contributed by atoms with Gasteiger partial charge in [-0.2, -0.15) is 0 Å². The minimum atomic E-state index is -0.265. The van der Waals surface area contributed by atoms with E-state index in [-0.39, 0.29) is 18.1 Å². The lowest BCUT2D eigenvalue weighted by Gasteiger charge is -2.11. The Bertz CT molecular complexity index is 1200. The summed E-state index contributed by atoms with van der Waals surface area (Å²) in [5.41, 5.74) is 2.35. The van der Waals surface area contributed by atoms with Gasteiger partial charge in [-0.3, -0.25) is 14.0 Å². The standard InChI is InChI=1S/C21H17N3O3S/c1-14-13-28-21-23-16(11-19(25)24(14)21)12-27-18-10-6-5-9-17(18)20(26)22-15-7-3-2-4-8-15/h2-11,13H,12H2,1H3,(H,22,26). The van der Waals surface area contributed by atoms with Gasteiger partial charge in [0.1, 0.15) is 12.4 Å². The number of ether oxygens (including phenoxy) is 1. The third-order valence-corrected chi connectivity index (χ3v) is 5.11. The van der Waals surface area contributed by atoms with Crippen molar-refractivity contribution in [3.05, 3.63) is 93.3 Å². The predicted octanol–water partition coefficient (Wildman–Crippen LogP) is 3.90. The summed E-state index contributed by atoms with van der Waals surface area (Å²) in [5, 5.41) is 4.73. The molecule has 0 unspecified atom stereocenters. The number of aromatic nitrogens is 2. The highest BCUT2D eigenvalue weighted by atomic mass is 32.1. The molecule has 1 amide bonds. The predicted molar refractivity (Wildman–Crippen MR) is 109 cm³/mol. The normalized spacial score (nSPS) is 10.8. The van der Waals surface area contributed by atoms with Crippen LogP contribution in [0.25, 0.3) is 4.96 Å². The van der Waals surface area contributed by atoms with Crippen LogP contribution in [0, 0.1) is 6.92 Å². The lowest BCUT2D eigenvalue weighted by Crippen LogP contribution is -2.17. The molecule has 0 atom stereocenters. The van der Waals surface area contributed by atoms with Gasteiger partial charge in [0.2, 0.25) is 0 Å². The molecule has 0 bridgehead atoms. The van der Waals surface area contributed by atoms with Crippen LogP contribution in [0.4, 0.5) is 5.69 Å². The Kier molecular flexibility index (Phi) is 4.90. The topological polar surface area (TPSA) is 72.7 Å². The van der Waals surface area contributed by atoms with Crippen LogP contribution in [-0.2, 0) is 6.61 Å². The number of nitrogens with one attached hydrogen (secondary N) is 1. The SMILES string of the molecule is Cc1csc2nc(COc3ccccc3C(=O)Nc3ccccc3)cc(=O)n12. The highest BCUT2D eigenvalue weighted by Gasteiger charge is 2.13. The van der Waals surface area contributed by atoms with Gasteiger partial charge in [-0.1, -0.05) is 30.3 Å². The molecule has 6 nitrogen and oxygen atoms in total. The molecular weight excluding hydrogens is 374 g/mol. The lowest BCUT2D eigenvalue weighted by atomic mass is 10.2. The summed E-state index contributed by atoms with van der Waals surface area (Å²) in [6, 6.07) is 17.7. The summed E-state index contributed by atoms with van der Waals surface area (Å²) in [7, 11) is 0. The third kappa shape index (κ3) is 3.65. The first-order valence-corrected chi connectivity index (χ1v) is 9.55. The summed E-state index contributed by atoms with van der Waals surface area (Å²) in [6.07, 6.45) is 0. The van der Waals surface area contributed by atoms with E-state index in [4.69, 9.17) is 4.74 Å². The number of hydrogen-bond donors (Lipinski definition) is 1. The van der Waals surface area contributed by atoms with E-state index in [1.165, 1.54) is 17.4 Å². The van der Waals surface area contributed by atoms with Crippen molar-refractivity contribution >= 4 is 27.9 Å². The number of amides is 1. The van der Waals surface area contributed by atoms with Crippen LogP contribution < -0.4 is 15.6 Å². The van der Waals surface area contributed by atoms with Gasteiger partial charge in [0.05, 0.1) is 11.3 Å². The van der Waals surface area contributed by atoms with E-state index in [1.807, 2.05) is 42.6 Å². The van der Waals surface area contributed by atoms with Gasteiger partial charge in [-0.05, 0) is 31.2 Å². The number of anilines is 1. The lowest BCUT2D eigenvalue weighted by molar-refractivity contribution is 0.102. The number of thiazole rings is 1. The highest BCUT2D eigenvalue weighted by molar-refractivity contribution is 7.15. The summed E-state index contributed by atoms with van der Waals surface area (Å²) >= 11 is 1.41. The zero-order chi connectivity index (χ0) is 19.5. The molecule has 4 aromatic rings. The number of rotatable bonds is 5. The van der Waals surface area contributed by atoms with Gasteiger partial charge in [0.25, 0.3) is 11.5 Å². The zero-order valence-corrected chi connectivity index (χ0v) is 15.9. The third-order valence-electron chi connectivity index (χ3n) is 4.17. The maximum absolute atomic E-state index is 12.6. The first kappa shape index (κ1) is 17.9. The van der Waals surface area contributed by atoms with Crippen molar-refractivity contribution in [3.63, 3.8) is 0 Å². The molecule has 2 heterocycles. The molecule has 0 spiro atoms. The van der Waals surface area contributed by atoms with Crippen LogP contribution in [0.3, 0.4) is 0 Å². The Morgan fingerprint density at radius 2 is 1.89 bits per heavy atom. The minimum absolute atomic E-state index is 0.0956. The molecule has 4 rings (SSSR count). The fourth-order valence-corrected chi connectivity index (χ4v) is 3.72. The molecule has 0 radical (unpaired) electrons. The second-order valence-electron chi connectivity index (χ2n) is 6.19. The second kappa shape index (κ2) is 7.66. The van der Waals surface area contributed by atoms with E-state index in [1.54, 1.807) is 28.7 Å². The quantitative estimate of drug-likeness (QED) is 0.560. The van der Waals surface area contributed by atoms with Crippen molar-refractivity contribution in [1.29, 1.82) is 0 Å². The minimum Gasteiger partial charge on any atom is -0.486 e. The molecule has 2 aromatic heterocycles. The Labute approximate surface area is 165 Å². The molecule has 0 aliphatic rings. The number of benzene rings is 2. The van der Waals surface area contributed by atoms with Gasteiger partial charge in [-0.15, -0.1) is 11.3 Å². The van der Waals surface area contributed by atoms with Crippen molar-refractivity contribution in [2.45, 2.75) is 13.5 Å². The molecule has 2 aromatic carbocycles. The number of fused-ring (bicyclic) bond motifs is 1. The van der Waals surface area contributed by atoms with E-state index in [9.17, 15) is 9.59 Å². The van der Waals surface area contributed by atoms with Crippen molar-refractivity contribution in [3.8, 4) is 5.75 Å². The molecule has 0 fully saturated rings. The van der Waals surface area contributed by atoms with E-state index < -0.39 is 0 Å². The number of carbonyl (C=O) groups is 1. The van der Waals surface area contributed by atoms with Gasteiger partial charge in [0.15, 0.2) is 4.96 Å². The Morgan fingerprint density at radius 3 is 2.71 bits per heavy atom. The number of carbonyl (C=O) groups excluding carboxylic acids is 1. The van der Waals surface area contributed by atoms with Crippen LogP contribution in [0.15, 0.2) is 70.8 Å². The Morgan fingerprint density at radius 1 is 1.14 bits per heavy atom. The fraction of sp³-hybridized carbons (Fsp3) is 0.0952. The van der Waals surface area contributed by atoms with Crippen LogP contribution in [0.1, 0.15) is 21.7 Å². The fourth-order valence-electron chi connectivity index (χ4n) is 2.83. The van der Waals surface area contributed by atoms with Crippen molar-refractivity contribution < 1.29 is 9.53 Å². The van der Waals surface area contributed by atoms with Crippen molar-refractivity contribution in [2.75, 3.05) is 5.32 Å². The number of hydrogen-bond acceptors (Lipinski definition) is 5. The van der Waals surface area contributed by atoms with E-state index in [0.29, 0.717) is 27.7 Å². The van der Waals surface area contributed by atoms with E-state index in [0.717, 1.165) is 5.69 Å². The zero-order valence-electron chi connectivity index (χ0n) is 15.1. The number of para-hydroxylation sites is 2. The van der Waals surface area contributed by atoms with E-state index in [2.05, 4.69) is 10.3 Å². The number of aryl methyl sites for hydroxylation is 1. The van der Waals surface area contributed by atoms with Crippen molar-refractivity contribution in [2.24, 2.45) is 0 Å². The molecule has 0 saturated carbocycles. The monoisotopic (exact) mass is 391 g/mol. The summed E-state index contributed by atoms with van der Waals surface area (Å²) in [5.74, 6) is 0.166. The largest absolute Gasteiger partial charge is 0.486 e. The molecule has 0 aliphatic carbocycles. The molecule has 0 saturated heterocycles. The first-order chi connectivity index (χ1) is 13.6. The highest BCUT2D eigenvalue weighted by Crippen LogP contribution is 2.21. The first-order valence-electron chi connectivity index (χ1n) is 8.67. The van der Waals surface area contributed by atoms with Gasteiger partial charge < -0.3 is 10.1 Å². The maximum Gasteiger partial charge on any atom is 0.259 e. The average molecular weight is 391 g/mol. The van der Waals surface area contributed by atoms with Crippen LogP contribution in [0.2, 0.25) is 0 Å². The smallest absolute Gasteiger partial charge is 0.259 e. The molecule has 7 heteroatoms. The van der Waals surface area contributed by atoms with Crippen molar-refractivity contribution in [1.82, 2.24) is 9.38 Å². The number of nitrogens with zero attached hydrogens (tertiary/aromatic N) is 2. The molecule has 140 valence electrons. The molecular formula is C21H17N3O3S. The molecule has 0 aliphatic heterocycles. The summed E-state index contributed by atoms with van der Waals surface area (Å²) < 4.78 is 7.39. The summed E-state index contributed by atoms with van der Waals surface area (Å²) in [4.78, 5) is 30.0. The van der Waals surface area contributed by atoms with Gasteiger partial charge >= 0.3 is 0 Å².